The van der Waals surface area contributed by atoms with Crippen LogP contribution in [0.4, 0.5) is 0 Å². The third kappa shape index (κ3) is 2.81. The van der Waals surface area contributed by atoms with E-state index in [0.717, 1.165) is 6.42 Å². The second kappa shape index (κ2) is 5.24. The summed E-state index contributed by atoms with van der Waals surface area (Å²) in [4.78, 5) is 22.1. The largest absolute Gasteiger partial charge is 0.460 e. The van der Waals surface area contributed by atoms with E-state index < -0.39 is 11.9 Å². The number of carbonyl (C=O) groups is 2. The van der Waals surface area contributed by atoms with Crippen LogP contribution in [0.2, 0.25) is 0 Å². The van der Waals surface area contributed by atoms with Gasteiger partial charge in [0.25, 0.3) is 0 Å². The van der Waals surface area contributed by atoms with Crippen molar-refractivity contribution in [2.45, 2.75) is 51.1 Å². The van der Waals surface area contributed by atoms with Gasteiger partial charge in [-0.15, -0.1) is 0 Å². The van der Waals surface area contributed by atoms with Gasteiger partial charge in [0.2, 0.25) is 5.79 Å². The number of ether oxygens (including phenoxy) is 4. The number of hydrogen-bond acceptors (Lipinski definition) is 6. The van der Waals surface area contributed by atoms with Gasteiger partial charge in [0.1, 0.15) is 6.10 Å². The third-order valence-electron chi connectivity index (χ3n) is 3.14. The van der Waals surface area contributed by atoms with Crippen LogP contribution in [0.25, 0.3) is 0 Å². The topological polar surface area (TPSA) is 71.1 Å². The standard InChI is InChI=1S/C12H18O6/c1-8(13)17-10-6-11(18-9(2)14)12(16-7-10)4-3-5-15-12/h10-11H,3-7H2,1-2H3. The SMILES string of the molecule is CC(=O)OC1COC2(CCCO2)C(OC(C)=O)C1. The van der Waals surface area contributed by atoms with Crippen LogP contribution in [0, 0.1) is 0 Å². The van der Waals surface area contributed by atoms with Gasteiger partial charge in [0, 0.05) is 26.7 Å². The minimum Gasteiger partial charge on any atom is -0.460 e. The fraction of sp³-hybridized carbons (Fsp3) is 0.833. The minimum atomic E-state index is -0.845. The molecule has 18 heavy (non-hydrogen) atoms. The van der Waals surface area contributed by atoms with Gasteiger partial charge in [-0.2, -0.15) is 0 Å². The van der Waals surface area contributed by atoms with E-state index in [1.165, 1.54) is 13.8 Å². The highest BCUT2D eigenvalue weighted by molar-refractivity contribution is 5.66. The summed E-state index contributed by atoms with van der Waals surface area (Å²) in [6.07, 6.45) is 1.07. The van der Waals surface area contributed by atoms with Gasteiger partial charge < -0.3 is 18.9 Å². The smallest absolute Gasteiger partial charge is 0.303 e. The average Bonchev–Trinajstić information content (AvgIpc) is 2.71. The molecular formula is C12H18O6. The molecule has 2 rings (SSSR count). The third-order valence-corrected chi connectivity index (χ3v) is 3.14. The molecule has 0 aromatic rings. The van der Waals surface area contributed by atoms with Crippen molar-refractivity contribution < 1.29 is 28.5 Å². The maximum absolute atomic E-state index is 11.1. The lowest BCUT2D eigenvalue weighted by Gasteiger charge is -2.41. The molecule has 2 aliphatic rings. The van der Waals surface area contributed by atoms with E-state index in [1.807, 2.05) is 0 Å². The van der Waals surface area contributed by atoms with Crippen LogP contribution in [-0.2, 0) is 28.5 Å². The van der Waals surface area contributed by atoms with Gasteiger partial charge >= 0.3 is 11.9 Å². The van der Waals surface area contributed by atoms with Crippen molar-refractivity contribution in [2.75, 3.05) is 13.2 Å². The molecule has 1 spiro atoms. The van der Waals surface area contributed by atoms with Gasteiger partial charge in [-0.3, -0.25) is 9.59 Å². The highest BCUT2D eigenvalue weighted by Gasteiger charge is 2.51. The quantitative estimate of drug-likeness (QED) is 0.681. The Labute approximate surface area is 106 Å². The molecule has 2 aliphatic heterocycles. The van der Waals surface area contributed by atoms with E-state index in [9.17, 15) is 9.59 Å². The first-order chi connectivity index (χ1) is 8.52. The second-order valence-electron chi connectivity index (χ2n) is 4.64. The minimum absolute atomic E-state index is 0.275. The molecular weight excluding hydrogens is 240 g/mol. The van der Waals surface area contributed by atoms with Gasteiger partial charge in [-0.05, 0) is 6.42 Å². The zero-order valence-electron chi connectivity index (χ0n) is 10.6. The molecule has 0 amide bonds. The summed E-state index contributed by atoms with van der Waals surface area (Å²) in [6.45, 7) is 3.56. The Morgan fingerprint density at radius 3 is 2.44 bits per heavy atom. The molecule has 102 valence electrons. The normalized spacial score (nSPS) is 35.4. The molecule has 2 saturated heterocycles. The van der Waals surface area contributed by atoms with E-state index in [1.54, 1.807) is 0 Å². The summed E-state index contributed by atoms with van der Waals surface area (Å²) >= 11 is 0. The molecule has 0 aromatic heterocycles. The summed E-state index contributed by atoms with van der Waals surface area (Å²) < 4.78 is 21.6. The first-order valence-corrected chi connectivity index (χ1v) is 6.14. The lowest BCUT2D eigenvalue weighted by molar-refractivity contribution is -0.299. The van der Waals surface area contributed by atoms with Gasteiger partial charge in [-0.25, -0.2) is 0 Å². The van der Waals surface area contributed by atoms with Crippen LogP contribution >= 0.6 is 0 Å². The Kier molecular flexibility index (Phi) is 3.87. The van der Waals surface area contributed by atoms with Gasteiger partial charge in [-0.1, -0.05) is 0 Å². The zero-order chi connectivity index (χ0) is 13.2. The fourth-order valence-corrected chi connectivity index (χ4v) is 2.47. The average molecular weight is 258 g/mol. The Morgan fingerprint density at radius 2 is 1.89 bits per heavy atom. The molecule has 2 fully saturated rings. The molecule has 3 atom stereocenters. The van der Waals surface area contributed by atoms with Crippen LogP contribution in [0.15, 0.2) is 0 Å². The maximum Gasteiger partial charge on any atom is 0.303 e. The van der Waals surface area contributed by atoms with Crippen molar-refractivity contribution in [1.29, 1.82) is 0 Å². The second-order valence-corrected chi connectivity index (χ2v) is 4.64. The molecule has 2 heterocycles. The predicted octanol–water partition coefficient (Wildman–Crippen LogP) is 0.777. The van der Waals surface area contributed by atoms with Crippen LogP contribution in [-0.4, -0.2) is 43.1 Å². The molecule has 0 saturated carbocycles. The van der Waals surface area contributed by atoms with Crippen LogP contribution in [0.3, 0.4) is 0 Å². The molecule has 6 nitrogen and oxygen atoms in total. The fourth-order valence-electron chi connectivity index (χ4n) is 2.47. The molecule has 3 unspecified atom stereocenters. The van der Waals surface area contributed by atoms with Crippen molar-refractivity contribution in [3.05, 3.63) is 0 Å². The van der Waals surface area contributed by atoms with Crippen molar-refractivity contribution >= 4 is 11.9 Å². The van der Waals surface area contributed by atoms with Crippen LogP contribution in [0.5, 0.6) is 0 Å². The highest BCUT2D eigenvalue weighted by atomic mass is 16.7. The number of esters is 2. The summed E-state index contributed by atoms with van der Waals surface area (Å²) in [5.74, 6) is -1.60. The van der Waals surface area contributed by atoms with Crippen LogP contribution < -0.4 is 0 Å². The van der Waals surface area contributed by atoms with E-state index in [-0.39, 0.29) is 24.6 Å². The number of carbonyl (C=O) groups excluding carboxylic acids is 2. The molecule has 0 aromatic carbocycles. The number of hydrogen-bond donors (Lipinski definition) is 0. The summed E-state index contributed by atoms with van der Waals surface area (Å²) in [5, 5.41) is 0. The van der Waals surface area contributed by atoms with Crippen molar-refractivity contribution in [3.63, 3.8) is 0 Å². The number of rotatable bonds is 2. The molecule has 0 aliphatic carbocycles. The van der Waals surface area contributed by atoms with Gasteiger partial charge in [0.15, 0.2) is 6.10 Å². The van der Waals surface area contributed by atoms with E-state index in [4.69, 9.17) is 18.9 Å². The van der Waals surface area contributed by atoms with E-state index >= 15 is 0 Å². The summed E-state index contributed by atoms with van der Waals surface area (Å²) in [7, 11) is 0. The van der Waals surface area contributed by atoms with E-state index in [0.29, 0.717) is 19.4 Å². The Balaban J connectivity index is 2.05. The molecule has 6 heteroatoms. The molecule has 0 bridgehead atoms. The predicted molar refractivity (Wildman–Crippen MR) is 59.6 cm³/mol. The zero-order valence-corrected chi connectivity index (χ0v) is 10.6. The van der Waals surface area contributed by atoms with Crippen molar-refractivity contribution in [2.24, 2.45) is 0 Å². The maximum atomic E-state index is 11.1. The molecule has 0 N–H and O–H groups in total. The van der Waals surface area contributed by atoms with Crippen LogP contribution in [0.1, 0.15) is 33.1 Å². The van der Waals surface area contributed by atoms with Gasteiger partial charge in [0.05, 0.1) is 13.2 Å². The highest BCUT2D eigenvalue weighted by Crippen LogP contribution is 2.38. The lowest BCUT2D eigenvalue weighted by atomic mass is 9.97. The summed E-state index contributed by atoms with van der Waals surface area (Å²) in [6, 6.07) is 0. The van der Waals surface area contributed by atoms with Crippen molar-refractivity contribution in [1.82, 2.24) is 0 Å². The molecule has 0 radical (unpaired) electrons. The summed E-state index contributed by atoms with van der Waals surface area (Å²) in [5.41, 5.74) is 0. The monoisotopic (exact) mass is 258 g/mol. The Morgan fingerprint density at radius 1 is 1.17 bits per heavy atom. The van der Waals surface area contributed by atoms with E-state index in [2.05, 4.69) is 0 Å². The Bertz CT molecular complexity index is 333. The lowest BCUT2D eigenvalue weighted by Crippen LogP contribution is -2.54. The van der Waals surface area contributed by atoms with Crippen molar-refractivity contribution in [3.8, 4) is 0 Å². The first-order valence-electron chi connectivity index (χ1n) is 6.14. The Hall–Kier alpha value is -1.14. The first kappa shape index (κ1) is 13.3.